The van der Waals surface area contributed by atoms with E-state index in [9.17, 15) is 4.79 Å². The maximum atomic E-state index is 12.3. The van der Waals surface area contributed by atoms with E-state index in [-0.39, 0.29) is 59.9 Å². The molecule has 28 heavy (non-hydrogen) atoms. The summed E-state index contributed by atoms with van der Waals surface area (Å²) in [6.45, 7) is 15.6. The van der Waals surface area contributed by atoms with Gasteiger partial charge in [0.05, 0.1) is 33.0 Å². The smallest absolute Gasteiger partial charge is 0.338 e. The summed E-state index contributed by atoms with van der Waals surface area (Å²) in [5.41, 5.74) is 0.218. The molecule has 0 unspecified atom stereocenters. The summed E-state index contributed by atoms with van der Waals surface area (Å²) in [6, 6.07) is 0. The van der Waals surface area contributed by atoms with Gasteiger partial charge in [-0.2, -0.15) is 4.89 Å². The van der Waals surface area contributed by atoms with Crippen LogP contribution in [0.25, 0.3) is 0 Å². The maximum Gasteiger partial charge on any atom is 0.338 e. The molecular formula is C20H30O8. The van der Waals surface area contributed by atoms with Crippen molar-refractivity contribution in [2.24, 2.45) is 0 Å². The minimum atomic E-state index is -0.634. The summed E-state index contributed by atoms with van der Waals surface area (Å²) in [7, 11) is 0. The average Bonchev–Trinajstić information content (AvgIpc) is 2.66. The SMILES string of the molecule is C=C(C)C(=O)Oc1c(OCC)c(OCC)c(OOCC)c(OCC)c1OCC. The van der Waals surface area contributed by atoms with Crippen LogP contribution < -0.4 is 28.6 Å². The molecule has 0 bridgehead atoms. The third-order valence-corrected chi connectivity index (χ3v) is 3.20. The van der Waals surface area contributed by atoms with E-state index in [2.05, 4.69) is 6.58 Å². The number of esters is 1. The van der Waals surface area contributed by atoms with Crippen molar-refractivity contribution in [3.05, 3.63) is 12.2 Å². The number of ether oxygens (including phenoxy) is 5. The van der Waals surface area contributed by atoms with Gasteiger partial charge in [0.25, 0.3) is 5.75 Å². The second-order valence-electron chi connectivity index (χ2n) is 5.37. The molecule has 0 heterocycles. The zero-order valence-electron chi connectivity index (χ0n) is 17.5. The predicted molar refractivity (Wildman–Crippen MR) is 104 cm³/mol. The number of hydrogen-bond donors (Lipinski definition) is 0. The first-order chi connectivity index (χ1) is 13.5. The maximum absolute atomic E-state index is 12.3. The largest absolute Gasteiger partial charge is 0.486 e. The van der Waals surface area contributed by atoms with Crippen LogP contribution in [0.5, 0.6) is 34.5 Å². The number of benzene rings is 1. The third-order valence-electron chi connectivity index (χ3n) is 3.20. The van der Waals surface area contributed by atoms with E-state index < -0.39 is 5.97 Å². The van der Waals surface area contributed by atoms with Gasteiger partial charge in [0.2, 0.25) is 28.7 Å². The molecule has 0 saturated heterocycles. The molecule has 0 saturated carbocycles. The molecule has 1 aromatic rings. The molecule has 0 aliphatic rings. The molecule has 0 aliphatic carbocycles. The quantitative estimate of drug-likeness (QED) is 0.162. The highest BCUT2D eigenvalue weighted by Gasteiger charge is 2.33. The Labute approximate surface area is 166 Å². The van der Waals surface area contributed by atoms with Crippen LogP contribution in [0.15, 0.2) is 12.2 Å². The number of carbonyl (C=O) groups is 1. The zero-order chi connectivity index (χ0) is 21.1. The van der Waals surface area contributed by atoms with E-state index in [0.717, 1.165) is 0 Å². The summed E-state index contributed by atoms with van der Waals surface area (Å²) in [5, 5.41) is 0. The first-order valence-corrected chi connectivity index (χ1v) is 9.38. The van der Waals surface area contributed by atoms with Crippen LogP contribution in [-0.2, 0) is 9.68 Å². The topological polar surface area (TPSA) is 81.7 Å². The normalized spacial score (nSPS) is 10.2. The highest BCUT2D eigenvalue weighted by molar-refractivity contribution is 5.90. The monoisotopic (exact) mass is 398 g/mol. The van der Waals surface area contributed by atoms with Crippen LogP contribution in [-0.4, -0.2) is 39.0 Å². The van der Waals surface area contributed by atoms with Gasteiger partial charge in [-0.05, 0) is 41.5 Å². The third kappa shape index (κ3) is 5.69. The molecule has 0 aromatic heterocycles. The Bertz CT molecular complexity index is 632. The van der Waals surface area contributed by atoms with E-state index >= 15 is 0 Å². The summed E-state index contributed by atoms with van der Waals surface area (Å²) >= 11 is 0. The standard InChI is InChI=1S/C20H30O8/c1-8-22-14-16(24-10-3)19(28-26-12-5)17(25-11-4)15(23-9-2)18(14)27-20(21)13(6)7/h6,8-12H2,1-5,7H3. The van der Waals surface area contributed by atoms with Crippen molar-refractivity contribution in [2.45, 2.75) is 41.5 Å². The van der Waals surface area contributed by atoms with Gasteiger partial charge < -0.3 is 28.6 Å². The van der Waals surface area contributed by atoms with Crippen LogP contribution >= 0.6 is 0 Å². The van der Waals surface area contributed by atoms with Crippen LogP contribution in [0.1, 0.15) is 41.5 Å². The van der Waals surface area contributed by atoms with Crippen LogP contribution in [0.3, 0.4) is 0 Å². The van der Waals surface area contributed by atoms with Gasteiger partial charge in [-0.25, -0.2) is 4.79 Å². The average molecular weight is 398 g/mol. The van der Waals surface area contributed by atoms with Crippen LogP contribution in [0.4, 0.5) is 0 Å². The van der Waals surface area contributed by atoms with E-state index in [0.29, 0.717) is 13.2 Å². The summed E-state index contributed by atoms with van der Waals surface area (Å²) in [5.74, 6) is 0.231. The Morgan fingerprint density at radius 2 is 1.07 bits per heavy atom. The van der Waals surface area contributed by atoms with Gasteiger partial charge in [0.1, 0.15) is 0 Å². The van der Waals surface area contributed by atoms with E-state index in [1.54, 1.807) is 41.5 Å². The Morgan fingerprint density at radius 3 is 1.39 bits per heavy atom. The highest BCUT2D eigenvalue weighted by Crippen LogP contribution is 2.58. The first-order valence-electron chi connectivity index (χ1n) is 9.38. The molecular weight excluding hydrogens is 368 g/mol. The molecule has 1 aromatic carbocycles. The first kappa shape index (κ1) is 23.4. The Morgan fingerprint density at radius 1 is 0.679 bits per heavy atom. The van der Waals surface area contributed by atoms with Gasteiger partial charge in [-0.3, -0.25) is 0 Å². The number of hydrogen-bond acceptors (Lipinski definition) is 8. The highest BCUT2D eigenvalue weighted by atomic mass is 17.2. The van der Waals surface area contributed by atoms with Crippen molar-refractivity contribution >= 4 is 5.97 Å². The van der Waals surface area contributed by atoms with Crippen LogP contribution in [0.2, 0.25) is 0 Å². The summed E-state index contributed by atoms with van der Waals surface area (Å²) < 4.78 is 28.5. The number of rotatable bonds is 13. The van der Waals surface area contributed by atoms with Crippen molar-refractivity contribution < 1.29 is 38.3 Å². The molecule has 0 amide bonds. The zero-order valence-corrected chi connectivity index (χ0v) is 17.5. The Balaban J connectivity index is 3.84. The lowest BCUT2D eigenvalue weighted by Gasteiger charge is -2.23. The summed E-state index contributed by atoms with van der Waals surface area (Å²) in [4.78, 5) is 22.8. The van der Waals surface area contributed by atoms with Gasteiger partial charge >= 0.3 is 5.97 Å². The number of carbonyl (C=O) groups excluding carboxylic acids is 1. The molecule has 0 fully saturated rings. The second kappa shape index (κ2) is 12.0. The molecule has 1 rings (SSSR count). The molecule has 0 spiro atoms. The molecule has 8 nitrogen and oxygen atoms in total. The fraction of sp³-hybridized carbons (Fsp3) is 0.550. The minimum Gasteiger partial charge on any atom is -0.486 e. The van der Waals surface area contributed by atoms with Crippen molar-refractivity contribution in [1.29, 1.82) is 0 Å². The Hall–Kier alpha value is -2.61. The summed E-state index contributed by atoms with van der Waals surface area (Å²) in [6.07, 6.45) is 0. The van der Waals surface area contributed by atoms with Gasteiger partial charge in [-0.1, -0.05) is 6.58 Å². The van der Waals surface area contributed by atoms with Crippen molar-refractivity contribution in [1.82, 2.24) is 0 Å². The van der Waals surface area contributed by atoms with E-state index in [1.807, 2.05) is 0 Å². The fourth-order valence-corrected chi connectivity index (χ4v) is 2.19. The van der Waals surface area contributed by atoms with Crippen molar-refractivity contribution in [2.75, 3.05) is 33.0 Å². The second-order valence-corrected chi connectivity index (χ2v) is 5.37. The fourth-order valence-electron chi connectivity index (χ4n) is 2.19. The van der Waals surface area contributed by atoms with Gasteiger partial charge in [-0.15, -0.1) is 0 Å². The van der Waals surface area contributed by atoms with E-state index in [1.165, 1.54) is 0 Å². The van der Waals surface area contributed by atoms with Crippen LogP contribution in [0, 0.1) is 0 Å². The Kier molecular flexibility index (Phi) is 10.0. The van der Waals surface area contributed by atoms with E-state index in [4.69, 9.17) is 33.5 Å². The molecule has 0 aliphatic heterocycles. The lowest BCUT2D eigenvalue weighted by molar-refractivity contribution is -0.204. The lowest BCUT2D eigenvalue weighted by atomic mass is 10.2. The van der Waals surface area contributed by atoms with Gasteiger partial charge in [0, 0.05) is 5.57 Å². The molecule has 8 heteroatoms. The minimum absolute atomic E-state index is 0.0347. The predicted octanol–water partition coefficient (Wildman–Crippen LogP) is 4.09. The molecule has 0 N–H and O–H groups in total. The molecule has 0 atom stereocenters. The van der Waals surface area contributed by atoms with Gasteiger partial charge in [0.15, 0.2) is 0 Å². The molecule has 0 radical (unpaired) electrons. The van der Waals surface area contributed by atoms with Crippen molar-refractivity contribution in [3.63, 3.8) is 0 Å². The molecule has 158 valence electrons. The lowest BCUT2D eigenvalue weighted by Crippen LogP contribution is -2.14. The van der Waals surface area contributed by atoms with Crippen molar-refractivity contribution in [3.8, 4) is 34.5 Å².